The van der Waals surface area contributed by atoms with Crippen LogP contribution in [0.1, 0.15) is 16.6 Å². The molecule has 0 saturated carbocycles. The third-order valence-corrected chi connectivity index (χ3v) is 5.15. The number of amides is 1. The van der Waals surface area contributed by atoms with Crippen molar-refractivity contribution < 1.29 is 24.9 Å². The molecule has 156 valence electrons. The summed E-state index contributed by atoms with van der Waals surface area (Å²) in [6, 6.07) is 14.3. The van der Waals surface area contributed by atoms with Gasteiger partial charge in [-0.25, -0.2) is 0 Å². The Bertz CT molecular complexity index is 1150. The molecular weight excluding hydrogens is 390 g/mol. The molecule has 2 aromatic carbocycles. The standard InChI is InChI=1S/C21H21N3O6/c22-20(29)14-9-24(21-19(28)18(27)16(10-25)30-21)15-7-6-12(8-13(15)17(14)26)23-11-4-2-1-3-5-11/h1-9,16,18-19,21,23,25,27-28H,10H2,(H2,22,29)/t16-,18-,19-,21-/m1/s1. The Labute approximate surface area is 170 Å². The molecule has 0 bridgehead atoms. The third kappa shape index (κ3) is 3.44. The number of hydrogen-bond donors (Lipinski definition) is 5. The van der Waals surface area contributed by atoms with E-state index in [2.05, 4.69) is 5.32 Å². The molecule has 6 N–H and O–H groups in total. The van der Waals surface area contributed by atoms with Crippen LogP contribution in [-0.2, 0) is 4.74 Å². The van der Waals surface area contributed by atoms with Crippen molar-refractivity contribution in [3.8, 4) is 0 Å². The number of anilines is 2. The Balaban J connectivity index is 1.86. The summed E-state index contributed by atoms with van der Waals surface area (Å²) >= 11 is 0. The highest BCUT2D eigenvalue weighted by Crippen LogP contribution is 2.32. The molecule has 0 unspecified atom stereocenters. The maximum atomic E-state index is 12.9. The number of benzene rings is 2. The number of aromatic nitrogens is 1. The summed E-state index contributed by atoms with van der Waals surface area (Å²) in [5, 5.41) is 33.2. The molecule has 1 fully saturated rings. The van der Waals surface area contributed by atoms with Gasteiger partial charge in [0.05, 0.1) is 12.1 Å². The average Bonchev–Trinajstić information content (AvgIpc) is 3.03. The number of ether oxygens (including phenoxy) is 1. The number of nitrogens with zero attached hydrogens (tertiary/aromatic N) is 1. The number of aliphatic hydroxyl groups excluding tert-OH is 3. The van der Waals surface area contributed by atoms with E-state index in [9.17, 15) is 24.9 Å². The summed E-state index contributed by atoms with van der Waals surface area (Å²) in [5.74, 6) is -0.927. The van der Waals surface area contributed by atoms with E-state index in [1.54, 1.807) is 18.2 Å². The smallest absolute Gasteiger partial charge is 0.254 e. The van der Waals surface area contributed by atoms with Crippen molar-refractivity contribution in [2.45, 2.75) is 24.5 Å². The Morgan fingerprint density at radius 2 is 1.83 bits per heavy atom. The second-order valence-corrected chi connectivity index (χ2v) is 7.10. The zero-order valence-corrected chi connectivity index (χ0v) is 15.8. The first-order valence-corrected chi connectivity index (χ1v) is 9.34. The van der Waals surface area contributed by atoms with Crippen LogP contribution in [0.3, 0.4) is 0 Å². The van der Waals surface area contributed by atoms with Crippen LogP contribution in [0.5, 0.6) is 0 Å². The predicted molar refractivity (Wildman–Crippen MR) is 109 cm³/mol. The maximum absolute atomic E-state index is 12.9. The first-order chi connectivity index (χ1) is 14.4. The van der Waals surface area contributed by atoms with Gasteiger partial charge in [-0.3, -0.25) is 9.59 Å². The minimum atomic E-state index is -1.38. The quantitative estimate of drug-likeness (QED) is 0.410. The lowest BCUT2D eigenvalue weighted by Crippen LogP contribution is -2.33. The first kappa shape index (κ1) is 20.0. The van der Waals surface area contributed by atoms with E-state index >= 15 is 0 Å². The van der Waals surface area contributed by atoms with Crippen molar-refractivity contribution in [2.75, 3.05) is 11.9 Å². The van der Waals surface area contributed by atoms with E-state index in [1.165, 1.54) is 10.8 Å². The summed E-state index contributed by atoms with van der Waals surface area (Å²) in [7, 11) is 0. The number of nitrogens with one attached hydrogen (secondary N) is 1. The minimum Gasteiger partial charge on any atom is -0.394 e. The Hall–Kier alpha value is -3.24. The molecule has 9 heteroatoms. The molecule has 1 amide bonds. The topological polar surface area (TPSA) is 147 Å². The molecule has 30 heavy (non-hydrogen) atoms. The first-order valence-electron chi connectivity index (χ1n) is 9.34. The van der Waals surface area contributed by atoms with E-state index in [0.717, 1.165) is 5.69 Å². The summed E-state index contributed by atoms with van der Waals surface area (Å²) in [5.41, 5.74) is 6.35. The van der Waals surface area contributed by atoms with E-state index in [4.69, 9.17) is 10.5 Å². The minimum absolute atomic E-state index is 0.185. The van der Waals surface area contributed by atoms with Crippen LogP contribution in [-0.4, -0.2) is 50.7 Å². The van der Waals surface area contributed by atoms with Crippen molar-refractivity contribution in [3.05, 3.63) is 70.5 Å². The Morgan fingerprint density at radius 3 is 2.47 bits per heavy atom. The van der Waals surface area contributed by atoms with E-state index < -0.39 is 42.5 Å². The van der Waals surface area contributed by atoms with Crippen LogP contribution < -0.4 is 16.5 Å². The molecule has 4 rings (SSSR count). The molecule has 0 spiro atoms. The summed E-state index contributed by atoms with van der Waals surface area (Å²) in [4.78, 5) is 24.7. The van der Waals surface area contributed by atoms with Gasteiger partial charge in [-0.05, 0) is 30.3 Å². The number of carbonyl (C=O) groups excluding carboxylic acids is 1. The Morgan fingerprint density at radius 1 is 1.10 bits per heavy atom. The molecule has 0 radical (unpaired) electrons. The van der Waals surface area contributed by atoms with Crippen LogP contribution in [0.25, 0.3) is 10.9 Å². The summed E-state index contributed by atoms with van der Waals surface area (Å²) in [6.07, 6.45) is -3.62. The van der Waals surface area contributed by atoms with Gasteiger partial charge in [-0.2, -0.15) is 0 Å². The molecule has 1 aromatic heterocycles. The number of para-hydroxylation sites is 1. The van der Waals surface area contributed by atoms with E-state index in [1.807, 2.05) is 30.3 Å². The van der Waals surface area contributed by atoms with Crippen LogP contribution in [0.2, 0.25) is 0 Å². The summed E-state index contributed by atoms with van der Waals surface area (Å²) < 4.78 is 6.95. The monoisotopic (exact) mass is 411 g/mol. The number of aliphatic hydroxyl groups is 3. The average molecular weight is 411 g/mol. The van der Waals surface area contributed by atoms with Gasteiger partial charge in [-0.1, -0.05) is 18.2 Å². The van der Waals surface area contributed by atoms with E-state index in [-0.39, 0.29) is 10.9 Å². The highest BCUT2D eigenvalue weighted by Gasteiger charge is 2.43. The maximum Gasteiger partial charge on any atom is 0.254 e. The van der Waals surface area contributed by atoms with Gasteiger partial charge in [-0.15, -0.1) is 0 Å². The number of hydrogen-bond acceptors (Lipinski definition) is 7. The van der Waals surface area contributed by atoms with Gasteiger partial charge in [0, 0.05) is 23.0 Å². The summed E-state index contributed by atoms with van der Waals surface area (Å²) in [6.45, 7) is -0.499. The van der Waals surface area contributed by atoms with Gasteiger partial charge < -0.3 is 35.7 Å². The molecular formula is C21H21N3O6. The fraction of sp³-hybridized carbons (Fsp3) is 0.238. The second kappa shape index (κ2) is 7.88. The molecule has 3 aromatic rings. The van der Waals surface area contributed by atoms with Crippen molar-refractivity contribution in [1.82, 2.24) is 4.57 Å². The highest BCUT2D eigenvalue weighted by atomic mass is 16.6. The number of fused-ring (bicyclic) bond motifs is 1. The van der Waals surface area contributed by atoms with Crippen LogP contribution >= 0.6 is 0 Å². The molecule has 1 saturated heterocycles. The lowest BCUT2D eigenvalue weighted by Gasteiger charge is -2.22. The number of rotatable bonds is 5. The highest BCUT2D eigenvalue weighted by molar-refractivity contribution is 5.97. The van der Waals surface area contributed by atoms with Crippen molar-refractivity contribution in [1.29, 1.82) is 0 Å². The predicted octanol–water partition coefficient (Wildman–Crippen LogP) is 0.456. The van der Waals surface area contributed by atoms with Crippen molar-refractivity contribution >= 4 is 28.2 Å². The number of pyridine rings is 1. The Kier molecular flexibility index (Phi) is 5.27. The normalized spacial score (nSPS) is 23.6. The number of primary amides is 1. The lowest BCUT2D eigenvalue weighted by atomic mass is 10.1. The van der Waals surface area contributed by atoms with Gasteiger partial charge in [0.1, 0.15) is 23.9 Å². The molecule has 4 atom stereocenters. The molecule has 9 nitrogen and oxygen atoms in total. The number of nitrogens with two attached hydrogens (primary N) is 1. The van der Waals surface area contributed by atoms with Gasteiger partial charge in [0.25, 0.3) is 5.91 Å². The van der Waals surface area contributed by atoms with Crippen LogP contribution in [0, 0.1) is 0 Å². The van der Waals surface area contributed by atoms with Gasteiger partial charge in [0.15, 0.2) is 6.23 Å². The van der Waals surface area contributed by atoms with Gasteiger partial charge in [0.2, 0.25) is 5.43 Å². The largest absolute Gasteiger partial charge is 0.394 e. The second-order valence-electron chi connectivity index (χ2n) is 7.10. The zero-order chi connectivity index (χ0) is 21.4. The molecule has 1 aliphatic heterocycles. The van der Waals surface area contributed by atoms with Crippen molar-refractivity contribution in [2.24, 2.45) is 5.73 Å². The lowest BCUT2D eigenvalue weighted by molar-refractivity contribution is -0.0509. The number of carbonyl (C=O) groups is 1. The van der Waals surface area contributed by atoms with E-state index in [0.29, 0.717) is 11.2 Å². The molecule has 2 heterocycles. The third-order valence-electron chi connectivity index (χ3n) is 5.15. The fourth-order valence-electron chi connectivity index (χ4n) is 3.62. The van der Waals surface area contributed by atoms with Gasteiger partial charge >= 0.3 is 0 Å². The zero-order valence-electron chi connectivity index (χ0n) is 15.8. The fourth-order valence-corrected chi connectivity index (χ4v) is 3.62. The van der Waals surface area contributed by atoms with Crippen LogP contribution in [0.4, 0.5) is 11.4 Å². The SMILES string of the molecule is NC(=O)c1cn([C@@H]2O[C@H](CO)[C@@H](O)[C@H]2O)c2ccc(Nc3ccccc3)cc2c1=O. The molecule has 0 aliphatic carbocycles. The van der Waals surface area contributed by atoms with Crippen LogP contribution in [0.15, 0.2) is 59.5 Å². The van der Waals surface area contributed by atoms with Crippen molar-refractivity contribution in [3.63, 3.8) is 0 Å². The molecule has 1 aliphatic rings.